The average molecular weight is 300 g/mol. The average Bonchev–Trinajstić information content (AvgIpc) is 2.50. The molecule has 21 heavy (non-hydrogen) atoms. The summed E-state index contributed by atoms with van der Waals surface area (Å²) in [7, 11) is -1.29. The van der Waals surface area contributed by atoms with Crippen LogP contribution in [-0.2, 0) is 17.2 Å². The van der Waals surface area contributed by atoms with E-state index < -0.39 is 10.8 Å². The van der Waals surface area contributed by atoms with Crippen molar-refractivity contribution in [1.29, 1.82) is 0 Å². The van der Waals surface area contributed by atoms with Gasteiger partial charge >= 0.3 is 0 Å². The molecule has 0 saturated heterocycles. The number of carbonyl (C=O) groups is 1. The van der Waals surface area contributed by atoms with E-state index in [1.807, 2.05) is 56.3 Å². The van der Waals surface area contributed by atoms with E-state index >= 15 is 0 Å². The molecule has 0 aliphatic heterocycles. The van der Waals surface area contributed by atoms with Gasteiger partial charge in [-0.3, -0.25) is 9.00 Å². The van der Waals surface area contributed by atoms with Gasteiger partial charge in [0.15, 0.2) is 5.78 Å². The molecule has 2 aromatic rings. The normalized spacial score (nSPS) is 12.1. The minimum Gasteiger partial charge on any atom is -0.293 e. The predicted molar refractivity (Wildman–Crippen MR) is 87.3 cm³/mol. The second-order valence-electron chi connectivity index (χ2n) is 5.21. The van der Waals surface area contributed by atoms with Gasteiger partial charge in [0.2, 0.25) is 0 Å². The van der Waals surface area contributed by atoms with Crippen LogP contribution in [0.4, 0.5) is 0 Å². The molecule has 0 N–H and O–H groups in total. The van der Waals surface area contributed by atoms with E-state index in [1.54, 1.807) is 0 Å². The smallest absolute Gasteiger partial charge is 0.175 e. The molecule has 0 bridgehead atoms. The number of Topliss-reactive ketones (excluding diaryl/α,β-unsaturated/α-hetero) is 1. The summed E-state index contributed by atoms with van der Waals surface area (Å²) in [6, 6.07) is 13.2. The van der Waals surface area contributed by atoms with Gasteiger partial charge in [0.25, 0.3) is 0 Å². The number of carbonyl (C=O) groups excluding carboxylic acids is 1. The molecule has 0 aliphatic carbocycles. The van der Waals surface area contributed by atoms with Crippen LogP contribution in [0.2, 0.25) is 0 Å². The minimum absolute atomic E-state index is 0.0357. The number of aryl methyl sites for hydroxylation is 3. The molecular weight excluding hydrogens is 280 g/mol. The number of hydrogen-bond donors (Lipinski definition) is 0. The highest BCUT2D eigenvalue weighted by Crippen LogP contribution is 2.15. The lowest BCUT2D eigenvalue weighted by Crippen LogP contribution is -2.11. The molecule has 1 unspecified atom stereocenters. The van der Waals surface area contributed by atoms with Crippen molar-refractivity contribution in [2.24, 2.45) is 0 Å². The van der Waals surface area contributed by atoms with Gasteiger partial charge in [0, 0.05) is 10.5 Å². The molecule has 1 atom stereocenters. The van der Waals surface area contributed by atoms with Crippen LogP contribution in [0.15, 0.2) is 47.4 Å². The molecule has 0 heterocycles. The Morgan fingerprint density at radius 1 is 1.00 bits per heavy atom. The summed E-state index contributed by atoms with van der Waals surface area (Å²) in [6.45, 7) is 6.08. The molecular formula is C18H20O2S. The van der Waals surface area contributed by atoms with Gasteiger partial charge in [-0.15, -0.1) is 0 Å². The first-order valence-corrected chi connectivity index (χ1v) is 8.41. The van der Waals surface area contributed by atoms with Gasteiger partial charge in [0.1, 0.15) is 0 Å². The highest BCUT2D eigenvalue weighted by Gasteiger charge is 2.13. The van der Waals surface area contributed by atoms with E-state index in [2.05, 4.69) is 6.92 Å². The van der Waals surface area contributed by atoms with Crippen molar-refractivity contribution in [3.63, 3.8) is 0 Å². The highest BCUT2D eigenvalue weighted by atomic mass is 32.2. The Hall–Kier alpha value is -1.74. The second-order valence-corrected chi connectivity index (χ2v) is 6.66. The fourth-order valence-corrected chi connectivity index (χ4v) is 3.17. The lowest BCUT2D eigenvalue weighted by molar-refractivity contribution is 0.102. The SMILES string of the molecule is CCc1ccc(C(=O)CS(=O)c2ccc(C)c(C)c2)cc1. The van der Waals surface area contributed by atoms with Crippen molar-refractivity contribution in [2.45, 2.75) is 32.1 Å². The number of benzene rings is 2. The number of hydrogen-bond acceptors (Lipinski definition) is 2. The first-order chi connectivity index (χ1) is 10.0. The quantitative estimate of drug-likeness (QED) is 0.786. The Bertz CT molecular complexity index is 672. The number of ketones is 1. The lowest BCUT2D eigenvalue weighted by Gasteiger charge is -2.06. The van der Waals surface area contributed by atoms with Crippen LogP contribution in [0.3, 0.4) is 0 Å². The minimum atomic E-state index is -1.29. The van der Waals surface area contributed by atoms with Gasteiger partial charge in [-0.1, -0.05) is 37.3 Å². The largest absolute Gasteiger partial charge is 0.293 e. The third-order valence-corrected chi connectivity index (χ3v) is 4.99. The molecule has 0 aliphatic rings. The summed E-state index contributed by atoms with van der Waals surface area (Å²) < 4.78 is 12.3. The van der Waals surface area contributed by atoms with Crippen LogP contribution in [0.1, 0.15) is 34.0 Å². The maximum atomic E-state index is 12.3. The van der Waals surface area contributed by atoms with Crippen molar-refractivity contribution in [1.82, 2.24) is 0 Å². The zero-order valence-corrected chi connectivity index (χ0v) is 13.5. The summed E-state index contributed by atoms with van der Waals surface area (Å²) in [5.41, 5.74) is 4.09. The topological polar surface area (TPSA) is 34.1 Å². The van der Waals surface area contributed by atoms with Crippen LogP contribution >= 0.6 is 0 Å². The lowest BCUT2D eigenvalue weighted by atomic mass is 10.1. The van der Waals surface area contributed by atoms with Crippen molar-refractivity contribution in [3.8, 4) is 0 Å². The Labute approximate surface area is 128 Å². The van der Waals surface area contributed by atoms with Gasteiger partial charge in [-0.25, -0.2) is 0 Å². The molecule has 0 amide bonds. The Balaban J connectivity index is 2.10. The van der Waals surface area contributed by atoms with E-state index in [1.165, 1.54) is 5.56 Å². The van der Waals surface area contributed by atoms with Crippen molar-refractivity contribution in [3.05, 3.63) is 64.7 Å². The van der Waals surface area contributed by atoms with E-state index in [-0.39, 0.29) is 11.5 Å². The Morgan fingerprint density at radius 3 is 2.24 bits per heavy atom. The van der Waals surface area contributed by atoms with Crippen LogP contribution in [0.25, 0.3) is 0 Å². The molecule has 2 aromatic carbocycles. The first-order valence-electron chi connectivity index (χ1n) is 7.09. The van der Waals surface area contributed by atoms with Crippen LogP contribution in [0, 0.1) is 13.8 Å². The maximum absolute atomic E-state index is 12.3. The third kappa shape index (κ3) is 3.88. The molecule has 2 nitrogen and oxygen atoms in total. The maximum Gasteiger partial charge on any atom is 0.175 e. The summed E-state index contributed by atoms with van der Waals surface area (Å²) in [5, 5.41) is 0. The molecule has 0 fully saturated rings. The van der Waals surface area contributed by atoms with Gasteiger partial charge < -0.3 is 0 Å². The zero-order chi connectivity index (χ0) is 15.4. The van der Waals surface area contributed by atoms with Crippen molar-refractivity contribution in [2.75, 3.05) is 5.75 Å². The van der Waals surface area contributed by atoms with Gasteiger partial charge in [-0.05, 0) is 49.1 Å². The number of rotatable bonds is 5. The molecule has 110 valence electrons. The summed E-state index contributed by atoms with van der Waals surface area (Å²) >= 11 is 0. The molecule has 0 radical (unpaired) electrons. The predicted octanol–water partition coefficient (Wildman–Crippen LogP) is 3.86. The zero-order valence-electron chi connectivity index (χ0n) is 12.7. The van der Waals surface area contributed by atoms with Crippen LogP contribution in [-0.4, -0.2) is 15.7 Å². The standard InChI is InChI=1S/C18H20O2S/c1-4-15-6-8-16(9-7-15)18(19)12-21(20)17-10-5-13(2)14(3)11-17/h5-11H,4,12H2,1-3H3. The van der Waals surface area contributed by atoms with E-state index in [9.17, 15) is 9.00 Å². The first kappa shape index (κ1) is 15.6. The molecule has 3 heteroatoms. The second kappa shape index (κ2) is 6.81. The van der Waals surface area contributed by atoms with Crippen LogP contribution in [0.5, 0.6) is 0 Å². The highest BCUT2D eigenvalue weighted by molar-refractivity contribution is 7.85. The molecule has 0 spiro atoms. The molecule has 0 saturated carbocycles. The Morgan fingerprint density at radius 2 is 1.67 bits per heavy atom. The van der Waals surface area contributed by atoms with Crippen molar-refractivity contribution >= 4 is 16.6 Å². The summed E-state index contributed by atoms with van der Waals surface area (Å²) in [4.78, 5) is 12.9. The van der Waals surface area contributed by atoms with E-state index in [4.69, 9.17) is 0 Å². The van der Waals surface area contributed by atoms with Gasteiger partial charge in [0.05, 0.1) is 16.6 Å². The van der Waals surface area contributed by atoms with E-state index in [0.29, 0.717) is 5.56 Å². The van der Waals surface area contributed by atoms with Crippen LogP contribution < -0.4 is 0 Å². The Kier molecular flexibility index (Phi) is 5.07. The third-order valence-electron chi connectivity index (χ3n) is 3.69. The van der Waals surface area contributed by atoms with E-state index in [0.717, 1.165) is 22.4 Å². The fraction of sp³-hybridized carbons (Fsp3) is 0.278. The molecule has 0 aromatic heterocycles. The van der Waals surface area contributed by atoms with Gasteiger partial charge in [-0.2, -0.15) is 0 Å². The molecule has 2 rings (SSSR count). The monoisotopic (exact) mass is 300 g/mol. The summed E-state index contributed by atoms with van der Waals surface area (Å²) in [5.74, 6) is -0.0391. The fourth-order valence-electron chi connectivity index (χ4n) is 2.07. The summed E-state index contributed by atoms with van der Waals surface area (Å²) in [6.07, 6.45) is 0.947. The van der Waals surface area contributed by atoms with Crippen molar-refractivity contribution < 1.29 is 9.00 Å².